The number of nitrogens with zero attached hydrogens (tertiary/aromatic N) is 3. The lowest BCUT2D eigenvalue weighted by molar-refractivity contribution is 0.120. The maximum Gasteiger partial charge on any atom is 0.244 e. The fourth-order valence-corrected chi connectivity index (χ4v) is 2.18. The topological polar surface area (TPSA) is 72.0 Å². The van der Waals surface area contributed by atoms with Gasteiger partial charge in [-0.15, -0.1) is 5.10 Å². The maximum atomic E-state index is 13.6. The van der Waals surface area contributed by atoms with Crippen LogP contribution in [0.15, 0.2) is 24.4 Å². The zero-order chi connectivity index (χ0) is 15.4. The molecule has 1 aliphatic rings. The van der Waals surface area contributed by atoms with E-state index in [0.717, 1.165) is 31.6 Å². The van der Waals surface area contributed by atoms with Gasteiger partial charge in [0.05, 0.1) is 18.0 Å². The first-order valence-electron chi connectivity index (χ1n) is 6.98. The fourth-order valence-electron chi connectivity index (χ4n) is 2.18. The molecule has 6 nitrogen and oxygen atoms in total. The highest BCUT2D eigenvalue weighted by atomic mass is 19.1. The van der Waals surface area contributed by atoms with Crippen molar-refractivity contribution in [1.82, 2.24) is 15.2 Å². The Morgan fingerprint density at radius 2 is 2.23 bits per heavy atom. The second kappa shape index (κ2) is 6.61. The van der Waals surface area contributed by atoms with Gasteiger partial charge in [0.1, 0.15) is 11.6 Å². The zero-order valence-corrected chi connectivity index (χ0v) is 11.7. The van der Waals surface area contributed by atoms with E-state index < -0.39 is 11.6 Å². The molecule has 1 aromatic carbocycles. The summed E-state index contributed by atoms with van der Waals surface area (Å²) in [6.07, 6.45) is 3.56. The fraction of sp³-hybridized carbons (Fsp3) is 0.357. The lowest BCUT2D eigenvalue weighted by Gasteiger charge is -2.11. The van der Waals surface area contributed by atoms with Gasteiger partial charge in [-0.1, -0.05) is 0 Å². The summed E-state index contributed by atoms with van der Waals surface area (Å²) in [5.74, 6) is -0.700. The Kier molecular flexibility index (Phi) is 4.38. The van der Waals surface area contributed by atoms with Crippen molar-refractivity contribution in [2.24, 2.45) is 0 Å². The monoisotopic (exact) mass is 307 g/mol. The van der Waals surface area contributed by atoms with Gasteiger partial charge in [0, 0.05) is 19.2 Å². The number of benzene rings is 1. The molecular formula is C14H15F2N5O. The van der Waals surface area contributed by atoms with Gasteiger partial charge in [-0.05, 0) is 25.0 Å². The molecule has 8 heteroatoms. The summed E-state index contributed by atoms with van der Waals surface area (Å²) in [6, 6.07) is 3.26. The standard InChI is InChI=1S/C14H15F2N5O/c15-9-3-4-12(11(16)6-9)19-13-8-18-21-14(20-13)17-7-10-2-1-5-22-10/h3-4,6,8,10H,1-2,5,7H2,(H2,17,19,20,21). The van der Waals surface area contributed by atoms with E-state index in [0.29, 0.717) is 18.3 Å². The van der Waals surface area contributed by atoms with Crippen LogP contribution in [-0.2, 0) is 4.74 Å². The van der Waals surface area contributed by atoms with Crippen molar-refractivity contribution in [3.63, 3.8) is 0 Å². The SMILES string of the molecule is Fc1ccc(Nc2cnnc(NCC3CCCO3)n2)c(F)c1. The maximum absolute atomic E-state index is 13.6. The van der Waals surface area contributed by atoms with E-state index in [4.69, 9.17) is 4.74 Å². The van der Waals surface area contributed by atoms with Gasteiger partial charge < -0.3 is 15.4 Å². The molecule has 0 radical (unpaired) electrons. The van der Waals surface area contributed by atoms with E-state index in [9.17, 15) is 8.78 Å². The summed E-state index contributed by atoms with van der Waals surface area (Å²) in [7, 11) is 0. The first-order valence-corrected chi connectivity index (χ1v) is 6.98. The van der Waals surface area contributed by atoms with Crippen LogP contribution in [0.25, 0.3) is 0 Å². The summed E-state index contributed by atoms with van der Waals surface area (Å²) in [4.78, 5) is 4.18. The molecule has 22 heavy (non-hydrogen) atoms. The highest BCUT2D eigenvalue weighted by molar-refractivity contribution is 5.56. The minimum atomic E-state index is -0.701. The number of hydrogen-bond acceptors (Lipinski definition) is 6. The molecule has 2 N–H and O–H groups in total. The van der Waals surface area contributed by atoms with Gasteiger partial charge in [0.2, 0.25) is 5.95 Å². The van der Waals surface area contributed by atoms with Gasteiger partial charge in [0.15, 0.2) is 5.82 Å². The predicted octanol–water partition coefficient (Wildman–Crippen LogP) is 2.48. The van der Waals surface area contributed by atoms with E-state index in [1.807, 2.05) is 0 Å². The summed E-state index contributed by atoms with van der Waals surface area (Å²) >= 11 is 0. The number of ether oxygens (including phenoxy) is 1. The molecule has 0 amide bonds. The molecule has 0 bridgehead atoms. The van der Waals surface area contributed by atoms with Crippen molar-refractivity contribution in [3.05, 3.63) is 36.0 Å². The molecule has 116 valence electrons. The first kappa shape index (κ1) is 14.6. The lowest BCUT2D eigenvalue weighted by atomic mass is 10.2. The molecule has 0 saturated carbocycles. The Morgan fingerprint density at radius 3 is 3.00 bits per heavy atom. The second-order valence-corrected chi connectivity index (χ2v) is 4.93. The van der Waals surface area contributed by atoms with Crippen LogP contribution in [0.5, 0.6) is 0 Å². The minimum Gasteiger partial charge on any atom is -0.376 e. The molecule has 1 aliphatic heterocycles. The Morgan fingerprint density at radius 1 is 1.32 bits per heavy atom. The van der Waals surface area contributed by atoms with Crippen LogP contribution >= 0.6 is 0 Å². The van der Waals surface area contributed by atoms with Crippen LogP contribution in [0.1, 0.15) is 12.8 Å². The van der Waals surface area contributed by atoms with Crippen molar-refractivity contribution in [2.45, 2.75) is 18.9 Å². The van der Waals surface area contributed by atoms with E-state index in [-0.39, 0.29) is 11.8 Å². The van der Waals surface area contributed by atoms with E-state index in [1.165, 1.54) is 12.3 Å². The number of rotatable bonds is 5. The molecule has 3 rings (SSSR count). The first-order chi connectivity index (χ1) is 10.7. The van der Waals surface area contributed by atoms with Crippen molar-refractivity contribution >= 4 is 17.5 Å². The minimum absolute atomic E-state index is 0.118. The third kappa shape index (κ3) is 3.64. The van der Waals surface area contributed by atoms with Crippen molar-refractivity contribution < 1.29 is 13.5 Å². The summed E-state index contributed by atoms with van der Waals surface area (Å²) < 4.78 is 32.0. The van der Waals surface area contributed by atoms with Gasteiger partial charge in [-0.2, -0.15) is 10.1 Å². The van der Waals surface area contributed by atoms with E-state index in [1.54, 1.807) is 0 Å². The Hall–Kier alpha value is -2.35. The lowest BCUT2D eigenvalue weighted by Crippen LogP contribution is -2.20. The number of halogens is 2. The van der Waals surface area contributed by atoms with E-state index >= 15 is 0 Å². The molecule has 2 heterocycles. The Balaban J connectivity index is 1.65. The molecule has 1 aromatic heterocycles. The largest absolute Gasteiger partial charge is 0.376 e. The van der Waals surface area contributed by atoms with Crippen LogP contribution in [0.3, 0.4) is 0 Å². The average molecular weight is 307 g/mol. The summed E-state index contributed by atoms with van der Waals surface area (Å²) in [5.41, 5.74) is 0.118. The zero-order valence-electron chi connectivity index (χ0n) is 11.7. The van der Waals surface area contributed by atoms with Gasteiger partial charge in [-0.25, -0.2) is 8.78 Å². The van der Waals surface area contributed by atoms with Crippen molar-refractivity contribution in [2.75, 3.05) is 23.8 Å². The number of aromatic nitrogens is 3. The van der Waals surface area contributed by atoms with Gasteiger partial charge in [-0.3, -0.25) is 0 Å². The van der Waals surface area contributed by atoms with Gasteiger partial charge >= 0.3 is 0 Å². The highest BCUT2D eigenvalue weighted by Crippen LogP contribution is 2.19. The van der Waals surface area contributed by atoms with Crippen LogP contribution in [0.4, 0.5) is 26.2 Å². The predicted molar refractivity (Wildman–Crippen MR) is 76.9 cm³/mol. The molecule has 1 atom stereocenters. The molecule has 1 unspecified atom stereocenters. The van der Waals surface area contributed by atoms with Crippen molar-refractivity contribution in [1.29, 1.82) is 0 Å². The number of hydrogen-bond donors (Lipinski definition) is 2. The number of anilines is 3. The van der Waals surface area contributed by atoms with Crippen molar-refractivity contribution in [3.8, 4) is 0 Å². The molecular weight excluding hydrogens is 292 g/mol. The van der Waals surface area contributed by atoms with Crippen LogP contribution in [-0.4, -0.2) is 34.4 Å². The summed E-state index contributed by atoms with van der Waals surface area (Å²) in [5, 5.41) is 13.4. The normalized spacial score (nSPS) is 17.5. The summed E-state index contributed by atoms with van der Waals surface area (Å²) in [6.45, 7) is 1.37. The van der Waals surface area contributed by atoms with Crippen LogP contribution in [0.2, 0.25) is 0 Å². The molecule has 0 spiro atoms. The third-order valence-electron chi connectivity index (χ3n) is 3.26. The Bertz CT molecular complexity index is 649. The van der Waals surface area contributed by atoms with Crippen LogP contribution < -0.4 is 10.6 Å². The molecule has 1 fully saturated rings. The van der Waals surface area contributed by atoms with E-state index in [2.05, 4.69) is 25.8 Å². The van der Waals surface area contributed by atoms with Gasteiger partial charge in [0.25, 0.3) is 0 Å². The van der Waals surface area contributed by atoms with Crippen LogP contribution in [0, 0.1) is 11.6 Å². The molecule has 0 aliphatic carbocycles. The Labute approximate surface area is 125 Å². The smallest absolute Gasteiger partial charge is 0.244 e. The number of nitrogens with one attached hydrogen (secondary N) is 2. The quantitative estimate of drug-likeness (QED) is 0.884. The second-order valence-electron chi connectivity index (χ2n) is 4.93. The average Bonchev–Trinajstić information content (AvgIpc) is 3.02. The highest BCUT2D eigenvalue weighted by Gasteiger charge is 2.15. The molecule has 2 aromatic rings. The third-order valence-corrected chi connectivity index (χ3v) is 3.26. The molecule has 1 saturated heterocycles.